The second-order valence-electron chi connectivity index (χ2n) is 5.30. The third kappa shape index (κ3) is 6.03. The van der Waals surface area contributed by atoms with E-state index in [9.17, 15) is 4.79 Å². The Hall–Kier alpha value is -1.85. The molecule has 0 saturated carbocycles. The van der Waals surface area contributed by atoms with Crippen molar-refractivity contribution in [3.8, 4) is 0 Å². The molecule has 1 rings (SSSR count). The number of nitrogens with one attached hydrogen (secondary N) is 2. The Morgan fingerprint density at radius 3 is 2.53 bits per heavy atom. The first-order valence-electron chi connectivity index (χ1n) is 6.44. The molecule has 6 nitrogen and oxygen atoms in total. The summed E-state index contributed by atoms with van der Waals surface area (Å²) in [6.07, 6.45) is 3.69. The van der Waals surface area contributed by atoms with Gasteiger partial charge in [-0.25, -0.2) is 9.97 Å². The lowest BCUT2D eigenvalue weighted by molar-refractivity contribution is -0.134. The Kier molecular flexibility index (Phi) is 5.54. The highest BCUT2D eigenvalue weighted by atomic mass is 16.4. The maximum absolute atomic E-state index is 10.5. The summed E-state index contributed by atoms with van der Waals surface area (Å²) in [5.41, 5.74) is 0.203. The van der Waals surface area contributed by atoms with Gasteiger partial charge in [0, 0.05) is 12.6 Å². The molecular formula is C13H22N4O2. The van der Waals surface area contributed by atoms with Crippen LogP contribution in [0.5, 0.6) is 0 Å². The number of hydrogen-bond donors (Lipinski definition) is 3. The molecule has 106 valence electrons. The molecule has 0 spiro atoms. The van der Waals surface area contributed by atoms with Crippen LogP contribution in [0.2, 0.25) is 0 Å². The number of aliphatic carboxylic acids is 1. The van der Waals surface area contributed by atoms with E-state index in [1.54, 1.807) is 6.07 Å². The van der Waals surface area contributed by atoms with E-state index in [4.69, 9.17) is 5.11 Å². The van der Waals surface area contributed by atoms with Gasteiger partial charge in [-0.15, -0.1) is 0 Å². The monoisotopic (exact) mass is 266 g/mol. The fourth-order valence-corrected chi connectivity index (χ4v) is 1.81. The quantitative estimate of drug-likeness (QED) is 0.668. The van der Waals surface area contributed by atoms with E-state index >= 15 is 0 Å². The van der Waals surface area contributed by atoms with Crippen LogP contribution in [-0.4, -0.2) is 34.1 Å². The molecule has 0 unspecified atom stereocenters. The highest BCUT2D eigenvalue weighted by Gasteiger charge is 2.16. The number of nitrogens with zero attached hydrogens (tertiary/aromatic N) is 2. The third-order valence-electron chi connectivity index (χ3n) is 2.76. The van der Waals surface area contributed by atoms with Gasteiger partial charge in [0.05, 0.1) is 0 Å². The maximum Gasteiger partial charge on any atom is 0.322 e. The van der Waals surface area contributed by atoms with E-state index in [-0.39, 0.29) is 12.0 Å². The molecule has 0 aromatic carbocycles. The van der Waals surface area contributed by atoms with E-state index in [0.29, 0.717) is 11.6 Å². The number of carboxylic acids is 1. The van der Waals surface area contributed by atoms with Gasteiger partial charge < -0.3 is 15.7 Å². The van der Waals surface area contributed by atoms with E-state index < -0.39 is 5.97 Å². The second-order valence-corrected chi connectivity index (χ2v) is 5.30. The highest BCUT2D eigenvalue weighted by Crippen LogP contribution is 2.22. The van der Waals surface area contributed by atoms with E-state index in [2.05, 4.69) is 41.4 Å². The topological polar surface area (TPSA) is 87.1 Å². The minimum absolute atomic E-state index is 0.155. The summed E-state index contributed by atoms with van der Waals surface area (Å²) < 4.78 is 0. The molecule has 0 amide bonds. The molecule has 19 heavy (non-hydrogen) atoms. The first-order valence-corrected chi connectivity index (χ1v) is 6.44. The van der Waals surface area contributed by atoms with Crippen LogP contribution < -0.4 is 10.6 Å². The molecule has 1 aromatic rings. The predicted molar refractivity (Wildman–Crippen MR) is 75.3 cm³/mol. The van der Waals surface area contributed by atoms with Crippen LogP contribution in [0.1, 0.15) is 33.6 Å². The molecular weight excluding hydrogens is 244 g/mol. The summed E-state index contributed by atoms with van der Waals surface area (Å²) in [4.78, 5) is 18.6. The molecule has 0 aliphatic rings. The molecule has 0 aliphatic heterocycles. The lowest BCUT2D eigenvalue weighted by Gasteiger charge is -2.24. The van der Waals surface area contributed by atoms with Crippen molar-refractivity contribution < 1.29 is 9.90 Å². The van der Waals surface area contributed by atoms with Crippen LogP contribution in [0.15, 0.2) is 12.4 Å². The number of aromatic nitrogens is 2. The van der Waals surface area contributed by atoms with Crippen molar-refractivity contribution in [2.24, 2.45) is 5.41 Å². The Morgan fingerprint density at radius 2 is 1.95 bits per heavy atom. The number of rotatable bonds is 8. The van der Waals surface area contributed by atoms with Gasteiger partial charge in [-0.3, -0.25) is 4.79 Å². The third-order valence-corrected chi connectivity index (χ3v) is 2.76. The van der Waals surface area contributed by atoms with Crippen LogP contribution in [0, 0.1) is 5.41 Å². The number of hydrogen-bond acceptors (Lipinski definition) is 5. The van der Waals surface area contributed by atoms with Crippen molar-refractivity contribution in [1.82, 2.24) is 9.97 Å². The minimum atomic E-state index is -0.919. The molecule has 3 N–H and O–H groups in total. The van der Waals surface area contributed by atoms with Crippen molar-refractivity contribution in [3.05, 3.63) is 12.4 Å². The van der Waals surface area contributed by atoms with Gasteiger partial charge in [0.2, 0.25) is 0 Å². The van der Waals surface area contributed by atoms with Crippen molar-refractivity contribution in [3.63, 3.8) is 0 Å². The summed E-state index contributed by atoms with van der Waals surface area (Å²) in [7, 11) is 0. The van der Waals surface area contributed by atoms with Crippen LogP contribution in [0.25, 0.3) is 0 Å². The number of carbonyl (C=O) groups is 1. The van der Waals surface area contributed by atoms with Gasteiger partial charge in [-0.1, -0.05) is 27.2 Å². The summed E-state index contributed by atoms with van der Waals surface area (Å²) in [5.74, 6) is 0.289. The molecule has 0 saturated heterocycles. The summed E-state index contributed by atoms with van der Waals surface area (Å²) >= 11 is 0. The number of carboxylic acid groups (broad SMARTS) is 1. The lowest BCUT2D eigenvalue weighted by atomic mass is 9.88. The van der Waals surface area contributed by atoms with Gasteiger partial charge >= 0.3 is 5.97 Å². The fourth-order valence-electron chi connectivity index (χ4n) is 1.81. The number of anilines is 2. The Bertz CT molecular complexity index is 421. The first kappa shape index (κ1) is 15.2. The zero-order valence-corrected chi connectivity index (χ0v) is 11.7. The highest BCUT2D eigenvalue weighted by molar-refractivity contribution is 5.72. The van der Waals surface area contributed by atoms with Crippen molar-refractivity contribution >= 4 is 17.6 Å². The second kappa shape index (κ2) is 6.92. The zero-order valence-electron chi connectivity index (χ0n) is 11.7. The lowest BCUT2D eigenvalue weighted by Crippen LogP contribution is -2.23. The Labute approximate surface area is 113 Å². The van der Waals surface area contributed by atoms with Crippen molar-refractivity contribution in [2.75, 3.05) is 23.7 Å². The molecule has 0 radical (unpaired) electrons. The molecule has 0 bridgehead atoms. The first-order chi connectivity index (χ1) is 8.93. The average Bonchev–Trinajstić information content (AvgIpc) is 2.35. The summed E-state index contributed by atoms with van der Waals surface area (Å²) in [6, 6.07) is 1.71. The smallest absolute Gasteiger partial charge is 0.322 e. The molecule has 1 heterocycles. The zero-order chi connectivity index (χ0) is 14.3. The van der Waals surface area contributed by atoms with Gasteiger partial charge in [0.25, 0.3) is 0 Å². The summed E-state index contributed by atoms with van der Waals surface area (Å²) in [5, 5.41) is 14.6. The largest absolute Gasteiger partial charge is 0.480 e. The van der Waals surface area contributed by atoms with E-state index in [0.717, 1.165) is 19.4 Å². The van der Waals surface area contributed by atoms with Gasteiger partial charge in [-0.05, 0) is 11.8 Å². The van der Waals surface area contributed by atoms with Gasteiger partial charge in [0.1, 0.15) is 24.5 Å². The van der Waals surface area contributed by atoms with Crippen LogP contribution in [0.3, 0.4) is 0 Å². The average molecular weight is 266 g/mol. The molecule has 0 aliphatic carbocycles. The van der Waals surface area contributed by atoms with E-state index in [1.165, 1.54) is 6.33 Å². The standard InChI is InChI=1S/C13H22N4O2/c1-4-5-13(2,3)8-15-11-6-10(16-9-17-11)14-7-12(18)19/h6,9H,4-5,7-8H2,1-3H3,(H,18,19)(H2,14,15,16,17). The van der Waals surface area contributed by atoms with Gasteiger partial charge in [0.15, 0.2) is 0 Å². The van der Waals surface area contributed by atoms with Crippen LogP contribution in [-0.2, 0) is 4.79 Å². The molecule has 0 atom stereocenters. The predicted octanol–water partition coefficient (Wildman–Crippen LogP) is 2.21. The van der Waals surface area contributed by atoms with E-state index in [1.807, 2.05) is 0 Å². The molecule has 6 heteroatoms. The van der Waals surface area contributed by atoms with Crippen molar-refractivity contribution in [2.45, 2.75) is 33.6 Å². The summed E-state index contributed by atoms with van der Waals surface area (Å²) in [6.45, 7) is 7.23. The fraction of sp³-hybridized carbons (Fsp3) is 0.615. The minimum Gasteiger partial charge on any atom is -0.480 e. The van der Waals surface area contributed by atoms with Crippen molar-refractivity contribution in [1.29, 1.82) is 0 Å². The Balaban J connectivity index is 2.54. The van der Waals surface area contributed by atoms with Crippen LogP contribution in [0.4, 0.5) is 11.6 Å². The molecule has 1 aromatic heterocycles. The van der Waals surface area contributed by atoms with Crippen LogP contribution >= 0.6 is 0 Å². The normalized spacial score (nSPS) is 11.1. The SMILES string of the molecule is CCCC(C)(C)CNc1cc(NCC(=O)O)ncn1. The Morgan fingerprint density at radius 1 is 1.32 bits per heavy atom. The van der Waals surface area contributed by atoms with Gasteiger partial charge in [-0.2, -0.15) is 0 Å². The maximum atomic E-state index is 10.5. The molecule has 0 fully saturated rings.